The Morgan fingerprint density at radius 2 is 2.32 bits per heavy atom. The lowest BCUT2D eigenvalue weighted by atomic mass is 9.97. The van der Waals surface area contributed by atoms with Crippen LogP contribution in [0.5, 0.6) is 0 Å². The molecule has 0 aromatic carbocycles. The number of nitrogens with zero attached hydrogens (tertiary/aromatic N) is 6. The highest BCUT2D eigenvalue weighted by atomic mass is 16.5. The van der Waals surface area contributed by atoms with Crippen molar-refractivity contribution < 1.29 is 4.52 Å². The van der Waals surface area contributed by atoms with Gasteiger partial charge < -0.3 is 14.4 Å². The molecule has 0 saturated carbocycles. The van der Waals surface area contributed by atoms with Crippen molar-refractivity contribution in [2.45, 2.75) is 32.1 Å². The third-order valence-electron chi connectivity index (χ3n) is 4.08. The molecule has 1 atom stereocenters. The molecule has 1 N–H and O–H groups in total. The summed E-state index contributed by atoms with van der Waals surface area (Å²) in [6, 6.07) is 0. The van der Waals surface area contributed by atoms with E-state index in [9.17, 15) is 0 Å². The summed E-state index contributed by atoms with van der Waals surface area (Å²) in [4.78, 5) is 22.6. The number of aromatic nitrogens is 6. The molecule has 8 nitrogen and oxygen atoms in total. The van der Waals surface area contributed by atoms with E-state index >= 15 is 0 Å². The van der Waals surface area contributed by atoms with Crippen LogP contribution < -0.4 is 4.90 Å². The fourth-order valence-corrected chi connectivity index (χ4v) is 2.95. The van der Waals surface area contributed by atoms with Crippen LogP contribution in [-0.4, -0.2) is 43.2 Å². The van der Waals surface area contributed by atoms with Gasteiger partial charge in [-0.15, -0.1) is 0 Å². The van der Waals surface area contributed by atoms with E-state index in [2.05, 4.69) is 35.0 Å². The molecule has 0 unspecified atom stereocenters. The molecule has 114 valence electrons. The Balaban J connectivity index is 1.62. The topological polar surface area (TPSA) is 96.6 Å². The van der Waals surface area contributed by atoms with E-state index in [0.717, 1.165) is 49.5 Å². The van der Waals surface area contributed by atoms with E-state index in [4.69, 9.17) is 4.52 Å². The van der Waals surface area contributed by atoms with Crippen molar-refractivity contribution in [1.82, 2.24) is 30.1 Å². The summed E-state index contributed by atoms with van der Waals surface area (Å²) >= 11 is 0. The Labute approximate surface area is 127 Å². The molecule has 3 aromatic rings. The Bertz CT molecular complexity index is 780. The minimum Gasteiger partial charge on any atom is -0.354 e. The number of hydrogen-bond acceptors (Lipinski definition) is 7. The predicted molar refractivity (Wildman–Crippen MR) is 79.5 cm³/mol. The molecule has 4 heterocycles. The van der Waals surface area contributed by atoms with Gasteiger partial charge in [0, 0.05) is 25.4 Å². The molecule has 1 aliphatic heterocycles. The maximum absolute atomic E-state index is 5.24. The summed E-state index contributed by atoms with van der Waals surface area (Å²) in [6.45, 7) is 3.80. The molecular formula is C14H17N7O. The highest BCUT2D eigenvalue weighted by molar-refractivity contribution is 5.82. The number of fused-ring (bicyclic) bond motifs is 1. The standard InChI is InChI=1S/C14H17N7O/c1-2-10-19-12(20-22-10)9-4-3-5-21(6-9)14-11-13(16-7-15-11)17-8-18-14/h7-9H,2-6H2,1H3,(H,15,16,17,18)/t9-/m0/s1. The molecule has 8 heteroatoms. The van der Waals surface area contributed by atoms with Gasteiger partial charge >= 0.3 is 0 Å². The van der Waals surface area contributed by atoms with Crippen molar-refractivity contribution in [3.05, 3.63) is 24.4 Å². The van der Waals surface area contributed by atoms with Crippen molar-refractivity contribution in [2.75, 3.05) is 18.0 Å². The maximum atomic E-state index is 5.24. The van der Waals surface area contributed by atoms with Gasteiger partial charge in [0.1, 0.15) is 11.8 Å². The zero-order valence-electron chi connectivity index (χ0n) is 12.4. The summed E-state index contributed by atoms with van der Waals surface area (Å²) in [5.41, 5.74) is 1.57. The first-order valence-corrected chi connectivity index (χ1v) is 7.56. The number of rotatable bonds is 3. The number of aromatic amines is 1. The van der Waals surface area contributed by atoms with Gasteiger partial charge in [-0.25, -0.2) is 15.0 Å². The van der Waals surface area contributed by atoms with Crippen molar-refractivity contribution in [3.63, 3.8) is 0 Å². The van der Waals surface area contributed by atoms with Gasteiger partial charge in [-0.2, -0.15) is 4.98 Å². The first kappa shape index (κ1) is 13.2. The Morgan fingerprint density at radius 3 is 3.18 bits per heavy atom. The lowest BCUT2D eigenvalue weighted by molar-refractivity contribution is 0.368. The van der Waals surface area contributed by atoms with Crippen LogP contribution in [0.4, 0.5) is 5.82 Å². The number of anilines is 1. The minimum absolute atomic E-state index is 0.269. The van der Waals surface area contributed by atoms with Crippen LogP contribution in [0.25, 0.3) is 11.2 Å². The van der Waals surface area contributed by atoms with E-state index in [1.165, 1.54) is 0 Å². The molecule has 0 radical (unpaired) electrons. The van der Waals surface area contributed by atoms with E-state index in [-0.39, 0.29) is 5.92 Å². The van der Waals surface area contributed by atoms with Crippen molar-refractivity contribution >= 4 is 17.0 Å². The largest absolute Gasteiger partial charge is 0.354 e. The van der Waals surface area contributed by atoms with Gasteiger partial charge in [0.2, 0.25) is 5.89 Å². The first-order chi connectivity index (χ1) is 10.8. The predicted octanol–water partition coefficient (Wildman–Crippen LogP) is 1.68. The molecule has 1 fully saturated rings. The molecule has 1 aliphatic rings. The van der Waals surface area contributed by atoms with Gasteiger partial charge in [0.05, 0.1) is 6.33 Å². The number of hydrogen-bond donors (Lipinski definition) is 1. The number of aryl methyl sites for hydroxylation is 1. The summed E-state index contributed by atoms with van der Waals surface area (Å²) in [5.74, 6) is 2.67. The van der Waals surface area contributed by atoms with Crippen LogP contribution in [0, 0.1) is 0 Å². The van der Waals surface area contributed by atoms with E-state index in [0.29, 0.717) is 11.5 Å². The lowest BCUT2D eigenvalue weighted by Crippen LogP contribution is -2.35. The molecule has 0 spiro atoms. The normalized spacial score (nSPS) is 19.0. The van der Waals surface area contributed by atoms with Crippen molar-refractivity contribution in [2.24, 2.45) is 0 Å². The molecule has 1 saturated heterocycles. The van der Waals surface area contributed by atoms with Gasteiger partial charge in [0.15, 0.2) is 17.3 Å². The Kier molecular flexibility index (Phi) is 3.21. The highest BCUT2D eigenvalue weighted by Gasteiger charge is 2.27. The van der Waals surface area contributed by atoms with Gasteiger partial charge in [-0.05, 0) is 12.8 Å². The second-order valence-electron chi connectivity index (χ2n) is 5.48. The number of imidazole rings is 1. The summed E-state index contributed by atoms with van der Waals surface area (Å²) in [5, 5.41) is 4.13. The fraction of sp³-hybridized carbons (Fsp3) is 0.500. The van der Waals surface area contributed by atoms with Crippen molar-refractivity contribution in [1.29, 1.82) is 0 Å². The molecule has 22 heavy (non-hydrogen) atoms. The fourth-order valence-electron chi connectivity index (χ4n) is 2.95. The van der Waals surface area contributed by atoms with E-state index in [1.807, 2.05) is 6.92 Å². The highest BCUT2D eigenvalue weighted by Crippen LogP contribution is 2.29. The molecule has 3 aromatic heterocycles. The third kappa shape index (κ3) is 2.20. The lowest BCUT2D eigenvalue weighted by Gasteiger charge is -2.32. The van der Waals surface area contributed by atoms with Crippen LogP contribution in [0.2, 0.25) is 0 Å². The van der Waals surface area contributed by atoms with E-state index in [1.54, 1.807) is 12.7 Å². The molecule has 4 rings (SSSR count). The molecule has 0 bridgehead atoms. The number of piperidine rings is 1. The SMILES string of the molecule is CCc1nc([C@H]2CCCN(c3ncnc4nc[nH]c34)C2)no1. The average Bonchev–Trinajstić information content (AvgIpc) is 3.23. The zero-order valence-corrected chi connectivity index (χ0v) is 12.4. The average molecular weight is 299 g/mol. The Morgan fingerprint density at radius 1 is 1.36 bits per heavy atom. The first-order valence-electron chi connectivity index (χ1n) is 7.56. The molecular weight excluding hydrogens is 282 g/mol. The van der Waals surface area contributed by atoms with Gasteiger partial charge in [-0.3, -0.25) is 0 Å². The van der Waals surface area contributed by atoms with Crippen LogP contribution in [0.1, 0.15) is 37.4 Å². The van der Waals surface area contributed by atoms with Crippen molar-refractivity contribution in [3.8, 4) is 0 Å². The maximum Gasteiger partial charge on any atom is 0.226 e. The zero-order chi connectivity index (χ0) is 14.9. The molecule has 0 amide bonds. The summed E-state index contributed by atoms with van der Waals surface area (Å²) in [7, 11) is 0. The monoisotopic (exact) mass is 299 g/mol. The second-order valence-corrected chi connectivity index (χ2v) is 5.48. The summed E-state index contributed by atoms with van der Waals surface area (Å²) < 4.78 is 5.24. The van der Waals surface area contributed by atoms with E-state index < -0.39 is 0 Å². The number of H-pyrrole nitrogens is 1. The summed E-state index contributed by atoms with van der Waals surface area (Å²) in [6.07, 6.45) is 6.11. The Hall–Kier alpha value is -2.51. The van der Waals surface area contributed by atoms with Gasteiger partial charge in [-0.1, -0.05) is 12.1 Å². The minimum atomic E-state index is 0.269. The smallest absolute Gasteiger partial charge is 0.226 e. The second kappa shape index (κ2) is 5.36. The van der Waals surface area contributed by atoms with Crippen LogP contribution in [-0.2, 0) is 6.42 Å². The number of nitrogens with one attached hydrogen (secondary N) is 1. The third-order valence-corrected chi connectivity index (χ3v) is 4.08. The quantitative estimate of drug-likeness (QED) is 0.785. The van der Waals surface area contributed by atoms with Crippen LogP contribution >= 0.6 is 0 Å². The molecule has 0 aliphatic carbocycles. The van der Waals surface area contributed by atoms with Crippen LogP contribution in [0.3, 0.4) is 0 Å². The van der Waals surface area contributed by atoms with Gasteiger partial charge in [0.25, 0.3) is 0 Å². The van der Waals surface area contributed by atoms with Crippen LogP contribution in [0.15, 0.2) is 17.2 Å².